The van der Waals surface area contributed by atoms with Gasteiger partial charge < -0.3 is 13.7 Å². The van der Waals surface area contributed by atoms with Crippen molar-refractivity contribution < 1.29 is 8.83 Å². The molecule has 48 heavy (non-hydrogen) atoms. The van der Waals surface area contributed by atoms with Crippen LogP contribution in [-0.2, 0) is 0 Å². The molecule has 5 heteroatoms. The molecule has 0 aliphatic rings. The van der Waals surface area contributed by atoms with Gasteiger partial charge in [-0.1, -0.05) is 91.0 Å². The minimum Gasteiger partial charge on any atom is -0.455 e. The van der Waals surface area contributed by atoms with E-state index < -0.39 is 0 Å². The molecule has 3 aromatic heterocycles. The molecule has 0 N–H and O–H groups in total. The van der Waals surface area contributed by atoms with Gasteiger partial charge in [0.25, 0.3) is 0 Å². The summed E-state index contributed by atoms with van der Waals surface area (Å²) < 4.78 is 15.5. The van der Waals surface area contributed by atoms with Crippen LogP contribution in [0.3, 0.4) is 0 Å². The van der Waals surface area contributed by atoms with Gasteiger partial charge in [-0.3, -0.25) is 0 Å². The van der Waals surface area contributed by atoms with E-state index in [0.717, 1.165) is 66.8 Å². The number of aromatic nitrogens is 1. The van der Waals surface area contributed by atoms with Crippen LogP contribution < -0.4 is 4.90 Å². The summed E-state index contributed by atoms with van der Waals surface area (Å²) in [5.41, 5.74) is 9.29. The number of benzene rings is 7. The lowest BCUT2D eigenvalue weighted by atomic mass is 10.00. The number of nitrogens with zero attached hydrogens (tertiary/aromatic N) is 2. The number of thiophene rings is 1. The van der Waals surface area contributed by atoms with Crippen molar-refractivity contribution >= 4 is 81.6 Å². The molecule has 10 aromatic rings. The number of rotatable bonds is 5. The van der Waals surface area contributed by atoms with Crippen LogP contribution in [0.2, 0.25) is 0 Å². The summed E-state index contributed by atoms with van der Waals surface area (Å²) in [6, 6.07) is 54.9. The number of oxazole rings is 1. The minimum absolute atomic E-state index is 0.590. The molecule has 3 heterocycles. The molecule has 0 unspecified atom stereocenters. The maximum atomic E-state index is 6.55. The van der Waals surface area contributed by atoms with Gasteiger partial charge in [-0.15, -0.1) is 11.3 Å². The monoisotopic (exact) mass is 634 g/mol. The minimum atomic E-state index is 0.590. The summed E-state index contributed by atoms with van der Waals surface area (Å²) >= 11 is 1.83. The van der Waals surface area contributed by atoms with Gasteiger partial charge in [-0.25, -0.2) is 4.98 Å². The first kappa shape index (κ1) is 27.0. The Morgan fingerprint density at radius 2 is 1.12 bits per heavy atom. The Bertz CT molecular complexity index is 2780. The average molecular weight is 635 g/mol. The van der Waals surface area contributed by atoms with Gasteiger partial charge >= 0.3 is 0 Å². The van der Waals surface area contributed by atoms with Gasteiger partial charge in [0.2, 0.25) is 5.89 Å². The van der Waals surface area contributed by atoms with Crippen LogP contribution >= 0.6 is 11.3 Å². The number of para-hydroxylation sites is 2. The van der Waals surface area contributed by atoms with E-state index in [1.165, 1.54) is 20.2 Å². The van der Waals surface area contributed by atoms with Gasteiger partial charge in [-0.2, -0.15) is 0 Å². The van der Waals surface area contributed by atoms with Crippen LogP contribution in [0, 0.1) is 0 Å². The summed E-state index contributed by atoms with van der Waals surface area (Å²) in [5.74, 6) is 0.590. The maximum Gasteiger partial charge on any atom is 0.227 e. The molecule has 0 amide bonds. The van der Waals surface area contributed by atoms with Gasteiger partial charge in [0, 0.05) is 53.6 Å². The third kappa shape index (κ3) is 4.25. The fourth-order valence-corrected chi connectivity index (χ4v) is 8.01. The predicted molar refractivity (Wildman–Crippen MR) is 200 cm³/mol. The van der Waals surface area contributed by atoms with Crippen LogP contribution in [0.25, 0.3) is 75.8 Å². The zero-order valence-corrected chi connectivity index (χ0v) is 26.4. The van der Waals surface area contributed by atoms with Crippen molar-refractivity contribution in [3.8, 4) is 22.6 Å². The Balaban J connectivity index is 1.15. The topological polar surface area (TPSA) is 42.4 Å². The molecule has 10 rings (SSSR count). The molecule has 4 nitrogen and oxygen atoms in total. The van der Waals surface area contributed by atoms with Crippen molar-refractivity contribution in [1.29, 1.82) is 0 Å². The Kier molecular flexibility index (Phi) is 6.01. The fourth-order valence-electron chi connectivity index (χ4n) is 6.87. The molecule has 0 saturated heterocycles. The lowest BCUT2D eigenvalue weighted by molar-refractivity contribution is 0.620. The van der Waals surface area contributed by atoms with Crippen LogP contribution in [0.5, 0.6) is 0 Å². The fraction of sp³-hybridized carbons (Fsp3) is 0. The van der Waals surface area contributed by atoms with Crippen molar-refractivity contribution in [3.05, 3.63) is 158 Å². The highest BCUT2D eigenvalue weighted by molar-refractivity contribution is 7.25. The smallest absolute Gasteiger partial charge is 0.227 e. The molecule has 0 spiro atoms. The summed E-state index contributed by atoms with van der Waals surface area (Å²) in [6.45, 7) is 0. The van der Waals surface area contributed by atoms with Crippen molar-refractivity contribution in [2.24, 2.45) is 0 Å². The number of hydrogen-bond acceptors (Lipinski definition) is 5. The molecule has 0 aliphatic carbocycles. The van der Waals surface area contributed by atoms with Crippen LogP contribution in [-0.4, -0.2) is 4.98 Å². The van der Waals surface area contributed by atoms with Gasteiger partial charge in [-0.05, 0) is 72.3 Å². The molecular weight excluding hydrogens is 609 g/mol. The van der Waals surface area contributed by atoms with Gasteiger partial charge in [0.15, 0.2) is 5.58 Å². The van der Waals surface area contributed by atoms with E-state index in [9.17, 15) is 0 Å². The van der Waals surface area contributed by atoms with Crippen LogP contribution in [0.15, 0.2) is 167 Å². The Morgan fingerprint density at radius 1 is 0.458 bits per heavy atom. The predicted octanol–water partition coefficient (Wildman–Crippen LogP) is 12.9. The highest BCUT2D eigenvalue weighted by Gasteiger charge is 2.22. The quantitative estimate of drug-likeness (QED) is 0.189. The Morgan fingerprint density at radius 3 is 1.96 bits per heavy atom. The van der Waals surface area contributed by atoms with Crippen molar-refractivity contribution in [2.45, 2.75) is 0 Å². The highest BCUT2D eigenvalue weighted by Crippen LogP contribution is 2.44. The second-order valence-electron chi connectivity index (χ2n) is 12.0. The average Bonchev–Trinajstić information content (AvgIpc) is 3.85. The molecule has 0 fully saturated rings. The number of fused-ring (bicyclic) bond motifs is 7. The van der Waals surface area contributed by atoms with E-state index >= 15 is 0 Å². The van der Waals surface area contributed by atoms with Crippen LogP contribution in [0.1, 0.15) is 0 Å². The lowest BCUT2D eigenvalue weighted by Crippen LogP contribution is -2.09. The number of hydrogen-bond donors (Lipinski definition) is 0. The van der Waals surface area contributed by atoms with Crippen molar-refractivity contribution in [1.82, 2.24) is 4.98 Å². The van der Waals surface area contributed by atoms with E-state index in [2.05, 4.69) is 114 Å². The molecular formula is C43H26N2O2S. The van der Waals surface area contributed by atoms with E-state index in [4.69, 9.17) is 13.8 Å². The molecule has 0 bridgehead atoms. The van der Waals surface area contributed by atoms with Crippen LogP contribution in [0.4, 0.5) is 17.1 Å². The zero-order valence-electron chi connectivity index (χ0n) is 25.6. The van der Waals surface area contributed by atoms with Crippen molar-refractivity contribution in [3.63, 3.8) is 0 Å². The van der Waals surface area contributed by atoms with E-state index in [-0.39, 0.29) is 0 Å². The molecule has 0 saturated carbocycles. The lowest BCUT2D eigenvalue weighted by Gasteiger charge is -2.25. The van der Waals surface area contributed by atoms with E-state index in [1.54, 1.807) is 0 Å². The summed E-state index contributed by atoms with van der Waals surface area (Å²) in [6.07, 6.45) is 0. The first-order valence-corrected chi connectivity index (χ1v) is 16.8. The second kappa shape index (κ2) is 10.7. The van der Waals surface area contributed by atoms with E-state index in [1.807, 2.05) is 59.9 Å². The molecule has 0 atom stereocenters. The number of anilines is 3. The first-order chi connectivity index (χ1) is 23.8. The van der Waals surface area contributed by atoms with Gasteiger partial charge in [0.1, 0.15) is 16.7 Å². The molecule has 226 valence electrons. The summed E-state index contributed by atoms with van der Waals surface area (Å²) in [7, 11) is 0. The third-order valence-corrected chi connectivity index (χ3v) is 10.2. The molecule has 0 radical (unpaired) electrons. The first-order valence-electron chi connectivity index (χ1n) is 16.0. The Hall–Kier alpha value is -6.17. The second-order valence-corrected chi connectivity index (χ2v) is 13.0. The largest absolute Gasteiger partial charge is 0.455 e. The third-order valence-electron chi connectivity index (χ3n) is 9.10. The summed E-state index contributed by atoms with van der Waals surface area (Å²) in [4.78, 5) is 7.36. The molecule has 0 aliphatic heterocycles. The Labute approximate surface area is 279 Å². The number of furan rings is 1. The zero-order chi connectivity index (χ0) is 31.6. The summed E-state index contributed by atoms with van der Waals surface area (Å²) in [5, 5.41) is 4.65. The maximum absolute atomic E-state index is 6.55. The van der Waals surface area contributed by atoms with Gasteiger partial charge in [0.05, 0.1) is 5.56 Å². The van der Waals surface area contributed by atoms with E-state index in [0.29, 0.717) is 5.89 Å². The highest BCUT2D eigenvalue weighted by atomic mass is 32.1. The molecule has 7 aromatic carbocycles. The standard InChI is InChI=1S/C43H26N2O2S/c1-3-11-28(12-4-1)43-44-41-37(47-43)26-35-32-15-7-9-17-36(32)46-42(35)40(41)27-19-21-30(22-20-27)45(29-13-5-2-6-14-29)31-23-24-34-33-16-8-10-18-38(33)48-39(34)25-31/h1-26H. The normalized spacial score (nSPS) is 11.8. The van der Waals surface area contributed by atoms with Crippen molar-refractivity contribution in [2.75, 3.05) is 4.90 Å². The SMILES string of the molecule is c1ccc(-c2nc3c(-c4ccc(N(c5ccccc5)c5ccc6c(c5)sc5ccccc56)cc4)c4oc5ccccc5c4cc3o2)cc1.